The van der Waals surface area contributed by atoms with Crippen LogP contribution in [0.4, 0.5) is 13.6 Å². The summed E-state index contributed by atoms with van der Waals surface area (Å²) < 4.78 is 26.7. The zero-order chi connectivity index (χ0) is 17.2. The minimum absolute atomic E-state index is 0.305. The van der Waals surface area contributed by atoms with E-state index in [1.807, 2.05) is 37.3 Å². The summed E-state index contributed by atoms with van der Waals surface area (Å²) in [5.74, 6) is -0.611. The highest BCUT2D eigenvalue weighted by Crippen LogP contribution is 2.24. The lowest BCUT2D eigenvalue weighted by atomic mass is 9.97. The lowest BCUT2D eigenvalue weighted by molar-refractivity contribution is 0.137. The minimum Gasteiger partial charge on any atom is -0.450 e. The molecule has 3 nitrogen and oxygen atoms in total. The van der Waals surface area contributed by atoms with Crippen molar-refractivity contribution in [2.45, 2.75) is 6.92 Å². The van der Waals surface area contributed by atoms with Crippen LogP contribution >= 0.6 is 0 Å². The first-order valence-corrected chi connectivity index (χ1v) is 6.70. The summed E-state index contributed by atoms with van der Waals surface area (Å²) in [7, 11) is 0. The molecule has 0 aliphatic rings. The SMILES string of the molecule is C/C=C\C=C(c1cccc(F)c1)c1cccc(F)c1.O=C(O)O. The molecule has 2 N–H and O–H groups in total. The molecule has 0 aliphatic heterocycles. The van der Waals surface area contributed by atoms with Crippen molar-refractivity contribution in [1.29, 1.82) is 0 Å². The van der Waals surface area contributed by atoms with Gasteiger partial charge < -0.3 is 10.2 Å². The van der Waals surface area contributed by atoms with Gasteiger partial charge >= 0.3 is 6.16 Å². The van der Waals surface area contributed by atoms with Crippen molar-refractivity contribution < 1.29 is 23.8 Å². The fourth-order valence-electron chi connectivity index (χ4n) is 1.86. The first kappa shape index (κ1) is 18.1. The van der Waals surface area contributed by atoms with E-state index >= 15 is 0 Å². The van der Waals surface area contributed by atoms with Crippen molar-refractivity contribution >= 4 is 11.7 Å². The Hall–Kier alpha value is -2.95. The Labute approximate surface area is 132 Å². The normalized spacial score (nSPS) is 9.87. The molecular formula is C18H16F2O3. The molecule has 0 radical (unpaired) electrons. The smallest absolute Gasteiger partial charge is 0.450 e. The Balaban J connectivity index is 0.000000593. The van der Waals surface area contributed by atoms with E-state index in [4.69, 9.17) is 15.0 Å². The summed E-state index contributed by atoms with van der Waals surface area (Å²) in [5, 5.41) is 13.9. The number of hydrogen-bond acceptors (Lipinski definition) is 1. The average molecular weight is 318 g/mol. The fraction of sp³-hybridized carbons (Fsp3) is 0.0556. The molecule has 0 amide bonds. The van der Waals surface area contributed by atoms with Crippen LogP contribution in [0.3, 0.4) is 0 Å². The quantitative estimate of drug-likeness (QED) is 0.765. The van der Waals surface area contributed by atoms with Gasteiger partial charge in [-0.1, -0.05) is 42.5 Å². The number of halogens is 2. The zero-order valence-electron chi connectivity index (χ0n) is 12.4. The predicted molar refractivity (Wildman–Crippen MR) is 85.3 cm³/mol. The van der Waals surface area contributed by atoms with Crippen molar-refractivity contribution in [3.05, 3.63) is 89.5 Å². The Kier molecular flexibility index (Phi) is 7.20. The van der Waals surface area contributed by atoms with Crippen LogP contribution in [0, 0.1) is 11.6 Å². The summed E-state index contributed by atoms with van der Waals surface area (Å²) in [6.45, 7) is 1.89. The van der Waals surface area contributed by atoms with Gasteiger partial charge in [0.05, 0.1) is 0 Å². The van der Waals surface area contributed by atoms with E-state index < -0.39 is 6.16 Å². The highest BCUT2D eigenvalue weighted by atomic mass is 19.1. The standard InChI is InChI=1S/C17H14F2.CH2O3/c1-2-3-10-17(13-6-4-8-15(18)11-13)14-7-5-9-16(19)12-14;2-1(3)4/h2-12H,1H3;(H2,2,3,4)/b3-2-;. The number of benzene rings is 2. The van der Waals surface area contributed by atoms with Crippen LogP contribution in [0.25, 0.3) is 5.57 Å². The van der Waals surface area contributed by atoms with Gasteiger partial charge in [0.25, 0.3) is 0 Å². The molecule has 0 bridgehead atoms. The van der Waals surface area contributed by atoms with Crippen LogP contribution in [0.15, 0.2) is 66.8 Å². The fourth-order valence-corrected chi connectivity index (χ4v) is 1.86. The third kappa shape index (κ3) is 6.56. The highest BCUT2D eigenvalue weighted by molar-refractivity contribution is 5.80. The maximum atomic E-state index is 13.3. The van der Waals surface area contributed by atoms with E-state index in [1.165, 1.54) is 24.3 Å². The maximum Gasteiger partial charge on any atom is 0.503 e. The Morgan fingerprint density at radius 1 is 0.957 bits per heavy atom. The molecule has 0 atom stereocenters. The molecule has 2 aromatic carbocycles. The topological polar surface area (TPSA) is 57.5 Å². The lowest BCUT2D eigenvalue weighted by Crippen LogP contribution is -1.90. The van der Waals surface area contributed by atoms with E-state index in [0.29, 0.717) is 0 Å². The summed E-state index contributed by atoms with van der Waals surface area (Å²) in [6, 6.07) is 12.6. The van der Waals surface area contributed by atoms with Gasteiger partial charge in [-0.2, -0.15) is 0 Å². The first-order chi connectivity index (χ1) is 10.9. The zero-order valence-corrected chi connectivity index (χ0v) is 12.4. The van der Waals surface area contributed by atoms with Crippen LogP contribution in [0.5, 0.6) is 0 Å². The summed E-state index contributed by atoms with van der Waals surface area (Å²) >= 11 is 0. The number of carboxylic acid groups (broad SMARTS) is 2. The van der Waals surface area contributed by atoms with E-state index in [2.05, 4.69) is 0 Å². The van der Waals surface area contributed by atoms with Crippen molar-refractivity contribution in [2.75, 3.05) is 0 Å². The van der Waals surface area contributed by atoms with Gasteiger partial charge in [-0.25, -0.2) is 13.6 Å². The van der Waals surface area contributed by atoms with Crippen LogP contribution in [0.2, 0.25) is 0 Å². The molecule has 0 spiro atoms. The Bertz CT molecular complexity index is 670. The second-order valence-corrected chi connectivity index (χ2v) is 4.41. The second kappa shape index (κ2) is 9.15. The molecule has 2 aromatic rings. The van der Waals surface area contributed by atoms with Crippen LogP contribution in [0.1, 0.15) is 18.1 Å². The van der Waals surface area contributed by atoms with Gasteiger partial charge in [0.2, 0.25) is 0 Å². The van der Waals surface area contributed by atoms with Crippen molar-refractivity contribution in [1.82, 2.24) is 0 Å². The van der Waals surface area contributed by atoms with E-state index in [-0.39, 0.29) is 11.6 Å². The van der Waals surface area contributed by atoms with Crippen LogP contribution < -0.4 is 0 Å². The average Bonchev–Trinajstić information content (AvgIpc) is 2.47. The van der Waals surface area contributed by atoms with Gasteiger partial charge in [0.1, 0.15) is 11.6 Å². The van der Waals surface area contributed by atoms with E-state index in [1.54, 1.807) is 12.1 Å². The van der Waals surface area contributed by atoms with Crippen molar-refractivity contribution in [2.24, 2.45) is 0 Å². The van der Waals surface area contributed by atoms with Gasteiger partial charge in [-0.15, -0.1) is 0 Å². The molecule has 0 aliphatic carbocycles. The molecule has 0 aromatic heterocycles. The Morgan fingerprint density at radius 3 is 1.74 bits per heavy atom. The molecule has 2 rings (SSSR count). The van der Waals surface area contributed by atoms with E-state index in [9.17, 15) is 8.78 Å². The number of rotatable bonds is 3. The van der Waals surface area contributed by atoms with Gasteiger partial charge in [-0.3, -0.25) is 0 Å². The van der Waals surface area contributed by atoms with E-state index in [0.717, 1.165) is 16.7 Å². The molecule has 0 unspecified atom stereocenters. The van der Waals surface area contributed by atoms with Crippen LogP contribution in [-0.2, 0) is 0 Å². The lowest BCUT2D eigenvalue weighted by Gasteiger charge is -2.08. The molecule has 0 saturated heterocycles. The maximum absolute atomic E-state index is 13.3. The molecule has 5 heteroatoms. The monoisotopic (exact) mass is 318 g/mol. The molecule has 0 heterocycles. The second-order valence-electron chi connectivity index (χ2n) is 4.41. The predicted octanol–water partition coefficient (Wildman–Crippen LogP) is 5.20. The first-order valence-electron chi connectivity index (χ1n) is 6.70. The van der Waals surface area contributed by atoms with Crippen molar-refractivity contribution in [3.63, 3.8) is 0 Å². The molecule has 0 saturated carbocycles. The van der Waals surface area contributed by atoms with Gasteiger partial charge in [0.15, 0.2) is 0 Å². The van der Waals surface area contributed by atoms with Gasteiger partial charge in [-0.05, 0) is 47.9 Å². The molecule has 23 heavy (non-hydrogen) atoms. The molecular weight excluding hydrogens is 302 g/mol. The third-order valence-corrected chi connectivity index (χ3v) is 2.73. The number of allylic oxidation sites excluding steroid dienone is 3. The number of hydrogen-bond donors (Lipinski definition) is 2. The summed E-state index contributed by atoms with van der Waals surface area (Å²) in [5.41, 5.74) is 2.24. The van der Waals surface area contributed by atoms with Crippen LogP contribution in [-0.4, -0.2) is 16.4 Å². The van der Waals surface area contributed by atoms with Gasteiger partial charge in [0, 0.05) is 0 Å². The Morgan fingerprint density at radius 2 is 1.39 bits per heavy atom. The third-order valence-electron chi connectivity index (χ3n) is 2.73. The molecule has 120 valence electrons. The number of carbonyl (C=O) groups is 1. The summed E-state index contributed by atoms with van der Waals surface area (Å²) in [4.78, 5) is 8.56. The summed E-state index contributed by atoms with van der Waals surface area (Å²) in [6.07, 6.45) is 3.74. The largest absolute Gasteiger partial charge is 0.503 e. The van der Waals surface area contributed by atoms with Crippen molar-refractivity contribution in [3.8, 4) is 0 Å². The highest BCUT2D eigenvalue weighted by Gasteiger charge is 2.06. The minimum atomic E-state index is -1.83. The molecule has 0 fully saturated rings.